The summed E-state index contributed by atoms with van der Waals surface area (Å²) in [4.78, 5) is 11.3. The molecule has 1 rings (SSSR count). The van der Waals surface area contributed by atoms with E-state index in [1.54, 1.807) is 0 Å². The minimum absolute atomic E-state index is 0. The van der Waals surface area contributed by atoms with E-state index in [0.717, 1.165) is 6.54 Å². The van der Waals surface area contributed by atoms with Crippen LogP contribution < -0.4 is 10.6 Å². The van der Waals surface area contributed by atoms with E-state index < -0.39 is 0 Å². The number of carbonyl (C=O) groups excluding carboxylic acids is 1. The maximum absolute atomic E-state index is 11.3. The highest BCUT2D eigenvalue weighted by Gasteiger charge is 2.42. The average molecular weight is 193 g/mol. The number of hydrogen-bond acceptors (Lipinski definition) is 2. The molecule has 0 bridgehead atoms. The Morgan fingerprint density at radius 1 is 1.67 bits per heavy atom. The van der Waals surface area contributed by atoms with Crippen molar-refractivity contribution in [2.45, 2.75) is 26.8 Å². The first-order valence-electron chi connectivity index (χ1n) is 4.09. The van der Waals surface area contributed by atoms with Gasteiger partial charge in [0.2, 0.25) is 5.91 Å². The van der Waals surface area contributed by atoms with Crippen LogP contribution in [0.1, 0.15) is 20.8 Å². The molecule has 72 valence electrons. The molecule has 1 aliphatic heterocycles. The topological polar surface area (TPSA) is 41.1 Å². The van der Waals surface area contributed by atoms with Crippen molar-refractivity contribution in [3.8, 4) is 0 Å². The van der Waals surface area contributed by atoms with E-state index in [9.17, 15) is 4.79 Å². The molecule has 0 saturated carbocycles. The normalized spacial score (nSPS) is 25.1. The Balaban J connectivity index is 0.00000121. The Labute approximate surface area is 79.7 Å². The molecule has 0 spiro atoms. The van der Waals surface area contributed by atoms with Crippen molar-refractivity contribution in [3.05, 3.63) is 0 Å². The predicted octanol–water partition coefficient (Wildman–Crippen LogP) is 0.542. The third-order valence-electron chi connectivity index (χ3n) is 2.16. The van der Waals surface area contributed by atoms with Crippen LogP contribution in [0.2, 0.25) is 0 Å². The highest BCUT2D eigenvalue weighted by atomic mass is 35.5. The Morgan fingerprint density at radius 2 is 2.25 bits per heavy atom. The predicted molar refractivity (Wildman–Crippen MR) is 51.5 cm³/mol. The van der Waals surface area contributed by atoms with Crippen LogP contribution in [0.4, 0.5) is 0 Å². The lowest BCUT2D eigenvalue weighted by Crippen LogP contribution is -2.65. The molecule has 1 amide bonds. The number of rotatable bonds is 2. The van der Waals surface area contributed by atoms with Crippen molar-refractivity contribution in [3.63, 3.8) is 0 Å². The Kier molecular flexibility index (Phi) is 4.00. The van der Waals surface area contributed by atoms with E-state index in [-0.39, 0.29) is 29.8 Å². The molecule has 3 nitrogen and oxygen atoms in total. The fourth-order valence-electron chi connectivity index (χ4n) is 1.34. The summed E-state index contributed by atoms with van der Waals surface area (Å²) in [5.74, 6) is 0.128. The van der Waals surface area contributed by atoms with E-state index in [1.807, 2.05) is 6.92 Å². The molecule has 0 aromatic rings. The molecule has 1 saturated heterocycles. The first-order chi connectivity index (χ1) is 5.08. The minimum atomic E-state index is 0. The summed E-state index contributed by atoms with van der Waals surface area (Å²) >= 11 is 0. The molecule has 0 aromatic heterocycles. The molecule has 0 radical (unpaired) electrons. The van der Waals surface area contributed by atoms with Gasteiger partial charge in [-0.1, -0.05) is 13.8 Å². The summed E-state index contributed by atoms with van der Waals surface area (Å²) in [6.07, 6.45) is 0. The van der Waals surface area contributed by atoms with E-state index in [4.69, 9.17) is 0 Å². The molecule has 0 aromatic carbocycles. The van der Waals surface area contributed by atoms with Gasteiger partial charge >= 0.3 is 0 Å². The van der Waals surface area contributed by atoms with Crippen molar-refractivity contribution in [2.24, 2.45) is 5.41 Å². The van der Waals surface area contributed by atoms with E-state index in [1.165, 1.54) is 0 Å². The van der Waals surface area contributed by atoms with Crippen molar-refractivity contribution in [2.75, 3.05) is 13.1 Å². The molecule has 4 heteroatoms. The summed E-state index contributed by atoms with van der Waals surface area (Å²) in [6, 6.07) is 0.0162. The second-order valence-electron chi connectivity index (χ2n) is 3.70. The highest BCUT2D eigenvalue weighted by molar-refractivity contribution is 5.85. The number of amides is 1. The van der Waals surface area contributed by atoms with Gasteiger partial charge in [-0.15, -0.1) is 12.4 Å². The SMILES string of the molecule is CCNC(=O)C1NCC1(C)C.Cl. The molecular formula is C8H17ClN2O. The molecule has 12 heavy (non-hydrogen) atoms. The van der Waals surface area contributed by atoms with Crippen LogP contribution in [0.25, 0.3) is 0 Å². The lowest BCUT2D eigenvalue weighted by atomic mass is 9.77. The number of halogens is 1. The van der Waals surface area contributed by atoms with Gasteiger partial charge in [-0.3, -0.25) is 4.79 Å². The molecule has 1 unspecified atom stereocenters. The molecule has 0 aliphatic carbocycles. The third kappa shape index (κ3) is 2.11. The van der Waals surface area contributed by atoms with Crippen LogP contribution in [-0.2, 0) is 4.79 Å². The Morgan fingerprint density at radius 3 is 2.50 bits per heavy atom. The summed E-state index contributed by atoms with van der Waals surface area (Å²) in [7, 11) is 0. The van der Waals surface area contributed by atoms with Crippen molar-refractivity contribution in [1.29, 1.82) is 0 Å². The fraction of sp³-hybridized carbons (Fsp3) is 0.875. The van der Waals surface area contributed by atoms with E-state index >= 15 is 0 Å². The van der Waals surface area contributed by atoms with Gasteiger partial charge in [0.1, 0.15) is 0 Å². The van der Waals surface area contributed by atoms with Crippen LogP contribution in [0, 0.1) is 5.41 Å². The number of likely N-dealkylation sites (N-methyl/N-ethyl adjacent to an activating group) is 1. The Bertz CT molecular complexity index is 170. The lowest BCUT2D eigenvalue weighted by Gasteiger charge is -2.44. The van der Waals surface area contributed by atoms with Gasteiger partial charge in [0.05, 0.1) is 6.04 Å². The van der Waals surface area contributed by atoms with Crippen LogP contribution in [0.3, 0.4) is 0 Å². The highest BCUT2D eigenvalue weighted by Crippen LogP contribution is 2.27. The quantitative estimate of drug-likeness (QED) is 0.671. The van der Waals surface area contributed by atoms with E-state index in [0.29, 0.717) is 6.54 Å². The van der Waals surface area contributed by atoms with Crippen LogP contribution in [0.5, 0.6) is 0 Å². The fourth-order valence-corrected chi connectivity index (χ4v) is 1.34. The summed E-state index contributed by atoms with van der Waals surface area (Å²) in [6.45, 7) is 7.79. The van der Waals surface area contributed by atoms with Gasteiger partial charge < -0.3 is 10.6 Å². The van der Waals surface area contributed by atoms with Gasteiger partial charge in [0.15, 0.2) is 0 Å². The monoisotopic (exact) mass is 192 g/mol. The van der Waals surface area contributed by atoms with Crippen LogP contribution in [-0.4, -0.2) is 25.0 Å². The van der Waals surface area contributed by atoms with Crippen LogP contribution in [0.15, 0.2) is 0 Å². The number of hydrogen-bond donors (Lipinski definition) is 2. The zero-order valence-corrected chi connectivity index (χ0v) is 8.62. The zero-order chi connectivity index (χ0) is 8.48. The maximum Gasteiger partial charge on any atom is 0.237 e. The average Bonchev–Trinajstić information content (AvgIpc) is 1.86. The third-order valence-corrected chi connectivity index (χ3v) is 2.16. The Hall–Kier alpha value is -0.280. The van der Waals surface area contributed by atoms with Gasteiger partial charge in [0, 0.05) is 18.5 Å². The number of carbonyl (C=O) groups is 1. The molecule has 1 heterocycles. The molecular weight excluding hydrogens is 176 g/mol. The molecule has 1 aliphatic rings. The summed E-state index contributed by atoms with van der Waals surface area (Å²) in [5, 5.41) is 5.91. The van der Waals surface area contributed by atoms with Gasteiger partial charge in [-0.2, -0.15) is 0 Å². The van der Waals surface area contributed by atoms with Crippen molar-refractivity contribution >= 4 is 18.3 Å². The van der Waals surface area contributed by atoms with Gasteiger partial charge in [-0.05, 0) is 6.92 Å². The molecule has 1 atom stereocenters. The van der Waals surface area contributed by atoms with Crippen molar-refractivity contribution in [1.82, 2.24) is 10.6 Å². The maximum atomic E-state index is 11.3. The first kappa shape index (κ1) is 11.7. The van der Waals surface area contributed by atoms with E-state index in [2.05, 4.69) is 24.5 Å². The van der Waals surface area contributed by atoms with Crippen molar-refractivity contribution < 1.29 is 4.79 Å². The number of nitrogens with one attached hydrogen (secondary N) is 2. The molecule has 1 fully saturated rings. The second-order valence-corrected chi connectivity index (χ2v) is 3.70. The summed E-state index contributed by atoms with van der Waals surface area (Å²) < 4.78 is 0. The lowest BCUT2D eigenvalue weighted by molar-refractivity contribution is -0.129. The minimum Gasteiger partial charge on any atom is -0.355 e. The zero-order valence-electron chi connectivity index (χ0n) is 7.81. The summed E-state index contributed by atoms with van der Waals surface area (Å²) in [5.41, 5.74) is 0.138. The van der Waals surface area contributed by atoms with Gasteiger partial charge in [0.25, 0.3) is 0 Å². The standard InChI is InChI=1S/C8H16N2O.ClH/c1-4-9-7(11)6-8(2,3)5-10-6;/h6,10H,4-5H2,1-3H3,(H,9,11);1H. The molecule has 2 N–H and O–H groups in total. The second kappa shape index (κ2) is 4.10. The smallest absolute Gasteiger partial charge is 0.237 e. The largest absolute Gasteiger partial charge is 0.355 e. The first-order valence-corrected chi connectivity index (χ1v) is 4.09. The van der Waals surface area contributed by atoms with Crippen LogP contribution >= 0.6 is 12.4 Å². The van der Waals surface area contributed by atoms with Gasteiger partial charge in [-0.25, -0.2) is 0 Å².